The maximum absolute atomic E-state index is 10.3. The van der Waals surface area contributed by atoms with Crippen molar-refractivity contribution in [2.75, 3.05) is 5.73 Å². The molecule has 8 nitrogen and oxygen atoms in total. The van der Waals surface area contributed by atoms with Gasteiger partial charge in [0.2, 0.25) is 5.60 Å². The Labute approximate surface area is 119 Å². The number of ether oxygens (including phenoxy) is 1. The molecule has 0 radical (unpaired) electrons. The molecule has 2 aromatic heterocycles. The quantitative estimate of drug-likeness (QED) is 0.403. The summed E-state index contributed by atoms with van der Waals surface area (Å²) in [6.07, 6.45) is 4.39. The Morgan fingerprint density at radius 3 is 2.86 bits per heavy atom. The first kappa shape index (κ1) is 13.2. The van der Waals surface area contributed by atoms with Gasteiger partial charge in [-0.2, -0.15) is 5.10 Å². The summed E-state index contributed by atoms with van der Waals surface area (Å²) in [6, 6.07) is 3.18. The molecule has 21 heavy (non-hydrogen) atoms. The third kappa shape index (κ3) is 1.59. The van der Waals surface area contributed by atoms with Crippen LogP contribution in [0.25, 0.3) is 5.52 Å². The lowest BCUT2D eigenvalue weighted by Gasteiger charge is -2.25. The van der Waals surface area contributed by atoms with Crippen molar-refractivity contribution in [3.05, 3.63) is 36.2 Å². The number of rotatable bonds is 1. The predicted molar refractivity (Wildman–Crippen MR) is 71.7 cm³/mol. The normalized spacial score (nSPS) is 30.4. The zero-order valence-electron chi connectivity index (χ0n) is 10.7. The lowest BCUT2D eigenvalue weighted by Crippen LogP contribution is -2.40. The zero-order chi connectivity index (χ0) is 15.2. The SMILES string of the molecule is C#C[C@@]1(c2ccc3c(N)ncnn23)O/C(=C/O)[C@@H](O)[C@H]1O. The van der Waals surface area contributed by atoms with Gasteiger partial charge in [-0.15, -0.1) is 6.42 Å². The van der Waals surface area contributed by atoms with E-state index in [-0.39, 0.29) is 17.3 Å². The highest BCUT2D eigenvalue weighted by Crippen LogP contribution is 2.41. The molecular formula is C13H12N4O4. The van der Waals surface area contributed by atoms with E-state index in [1.165, 1.54) is 10.8 Å². The van der Waals surface area contributed by atoms with E-state index in [1.807, 2.05) is 0 Å². The van der Waals surface area contributed by atoms with Crippen LogP contribution in [0.4, 0.5) is 5.82 Å². The smallest absolute Gasteiger partial charge is 0.239 e. The van der Waals surface area contributed by atoms with Gasteiger partial charge in [-0.1, -0.05) is 0 Å². The highest BCUT2D eigenvalue weighted by atomic mass is 16.6. The van der Waals surface area contributed by atoms with E-state index < -0.39 is 17.8 Å². The molecule has 0 amide bonds. The van der Waals surface area contributed by atoms with Crippen LogP contribution in [-0.2, 0) is 10.3 Å². The Morgan fingerprint density at radius 2 is 2.24 bits per heavy atom. The molecule has 3 atom stereocenters. The van der Waals surface area contributed by atoms with Crippen LogP contribution in [0.2, 0.25) is 0 Å². The number of terminal acetylenes is 1. The number of aromatic nitrogens is 3. The largest absolute Gasteiger partial charge is 0.512 e. The van der Waals surface area contributed by atoms with Crippen molar-refractivity contribution < 1.29 is 20.1 Å². The molecule has 0 bridgehead atoms. The summed E-state index contributed by atoms with van der Waals surface area (Å²) in [5.74, 6) is 2.34. The molecule has 0 spiro atoms. The van der Waals surface area contributed by atoms with Crippen molar-refractivity contribution in [3.8, 4) is 12.3 Å². The minimum Gasteiger partial charge on any atom is -0.512 e. The summed E-state index contributed by atoms with van der Waals surface area (Å²) < 4.78 is 6.79. The van der Waals surface area contributed by atoms with Crippen LogP contribution in [0.1, 0.15) is 5.69 Å². The van der Waals surface area contributed by atoms with Crippen molar-refractivity contribution >= 4 is 11.3 Å². The van der Waals surface area contributed by atoms with Crippen molar-refractivity contribution in [3.63, 3.8) is 0 Å². The van der Waals surface area contributed by atoms with E-state index in [1.54, 1.807) is 12.1 Å². The van der Waals surface area contributed by atoms with Crippen molar-refractivity contribution in [2.45, 2.75) is 17.8 Å². The highest BCUT2D eigenvalue weighted by molar-refractivity contribution is 5.66. The lowest BCUT2D eigenvalue weighted by atomic mass is 9.92. The second kappa shape index (κ2) is 4.37. The van der Waals surface area contributed by atoms with E-state index in [0.717, 1.165) is 0 Å². The molecule has 2 aromatic rings. The van der Waals surface area contributed by atoms with E-state index in [4.69, 9.17) is 22.0 Å². The molecule has 1 aliphatic rings. The summed E-state index contributed by atoms with van der Waals surface area (Å²) in [4.78, 5) is 3.85. The van der Waals surface area contributed by atoms with E-state index in [2.05, 4.69) is 16.0 Å². The number of aliphatic hydroxyl groups excluding tert-OH is 3. The number of fused-ring (bicyclic) bond motifs is 1. The van der Waals surface area contributed by atoms with Crippen molar-refractivity contribution in [1.82, 2.24) is 14.6 Å². The fourth-order valence-corrected chi connectivity index (χ4v) is 2.41. The molecular weight excluding hydrogens is 276 g/mol. The fraction of sp³-hybridized carbons (Fsp3) is 0.231. The van der Waals surface area contributed by atoms with E-state index in [0.29, 0.717) is 11.8 Å². The Morgan fingerprint density at radius 1 is 1.48 bits per heavy atom. The molecule has 1 fully saturated rings. The molecule has 5 N–H and O–H groups in total. The van der Waals surface area contributed by atoms with Gasteiger partial charge in [0, 0.05) is 0 Å². The number of anilines is 1. The maximum Gasteiger partial charge on any atom is 0.239 e. The number of nitrogens with zero attached hydrogens (tertiary/aromatic N) is 3. The molecule has 0 aliphatic carbocycles. The first-order chi connectivity index (χ1) is 10.0. The van der Waals surface area contributed by atoms with Crippen LogP contribution < -0.4 is 5.73 Å². The van der Waals surface area contributed by atoms with Crippen LogP contribution in [0.3, 0.4) is 0 Å². The first-order valence-electron chi connectivity index (χ1n) is 6.01. The standard InChI is InChI=1S/C13H12N4O4/c1-2-13(11(20)10(19)8(5-18)21-13)9-4-3-7-12(14)15-6-16-17(7)9/h1,3-6,10-11,18-20H,(H2,14,15,16)/b8-5+/t10-,11-,13+/m1/s1. The molecule has 3 rings (SSSR count). The Balaban J connectivity index is 2.25. The number of nitrogens with two attached hydrogens (primary N) is 1. The molecule has 1 aliphatic heterocycles. The van der Waals surface area contributed by atoms with Gasteiger partial charge in [0.15, 0.2) is 11.6 Å². The third-order valence-corrected chi connectivity index (χ3v) is 3.49. The first-order valence-corrected chi connectivity index (χ1v) is 6.01. The van der Waals surface area contributed by atoms with E-state index in [9.17, 15) is 10.2 Å². The summed E-state index contributed by atoms with van der Waals surface area (Å²) in [6.45, 7) is 0. The van der Waals surface area contributed by atoms with Gasteiger partial charge in [-0.3, -0.25) is 0 Å². The van der Waals surface area contributed by atoms with Crippen LogP contribution in [-0.4, -0.2) is 42.1 Å². The average molecular weight is 288 g/mol. The fourth-order valence-electron chi connectivity index (χ4n) is 2.41. The Kier molecular flexibility index (Phi) is 2.76. The van der Waals surface area contributed by atoms with Gasteiger partial charge in [0.05, 0.1) is 0 Å². The van der Waals surface area contributed by atoms with Crippen LogP contribution in [0, 0.1) is 12.3 Å². The summed E-state index contributed by atoms with van der Waals surface area (Å²) in [5, 5.41) is 33.2. The second-order valence-corrected chi connectivity index (χ2v) is 4.56. The number of hydrogen-bond acceptors (Lipinski definition) is 7. The minimum absolute atomic E-state index is 0.225. The van der Waals surface area contributed by atoms with Crippen molar-refractivity contribution in [1.29, 1.82) is 0 Å². The van der Waals surface area contributed by atoms with Crippen molar-refractivity contribution in [2.24, 2.45) is 0 Å². The molecule has 0 aromatic carbocycles. The highest BCUT2D eigenvalue weighted by Gasteiger charge is 2.55. The zero-order valence-corrected chi connectivity index (χ0v) is 10.7. The Hall–Kier alpha value is -2.76. The summed E-state index contributed by atoms with van der Waals surface area (Å²) >= 11 is 0. The van der Waals surface area contributed by atoms with Crippen LogP contribution >= 0.6 is 0 Å². The minimum atomic E-state index is -1.69. The van der Waals surface area contributed by atoms with Gasteiger partial charge in [-0.05, 0) is 18.1 Å². The Bertz CT molecular complexity index is 778. The van der Waals surface area contributed by atoms with Gasteiger partial charge in [0.1, 0.15) is 36.0 Å². The molecule has 8 heteroatoms. The molecule has 1 saturated heterocycles. The van der Waals surface area contributed by atoms with Gasteiger partial charge in [0.25, 0.3) is 0 Å². The van der Waals surface area contributed by atoms with Gasteiger partial charge in [-0.25, -0.2) is 9.50 Å². The monoisotopic (exact) mass is 288 g/mol. The number of nitrogen functional groups attached to an aromatic ring is 1. The van der Waals surface area contributed by atoms with Crippen LogP contribution in [0.15, 0.2) is 30.5 Å². The average Bonchev–Trinajstić information content (AvgIpc) is 3.03. The van der Waals surface area contributed by atoms with Gasteiger partial charge >= 0.3 is 0 Å². The molecule has 3 heterocycles. The summed E-state index contributed by atoms with van der Waals surface area (Å²) in [5.41, 5.74) is 4.82. The third-order valence-electron chi connectivity index (χ3n) is 3.49. The molecule has 0 unspecified atom stereocenters. The van der Waals surface area contributed by atoms with Crippen LogP contribution in [0.5, 0.6) is 0 Å². The topological polar surface area (TPSA) is 126 Å². The van der Waals surface area contributed by atoms with E-state index >= 15 is 0 Å². The maximum atomic E-state index is 10.3. The second-order valence-electron chi connectivity index (χ2n) is 4.56. The lowest BCUT2D eigenvalue weighted by molar-refractivity contribution is -0.0238. The number of hydrogen-bond donors (Lipinski definition) is 4. The van der Waals surface area contributed by atoms with Gasteiger partial charge < -0.3 is 25.8 Å². The predicted octanol–water partition coefficient (Wildman–Crippen LogP) is -0.709. The number of aliphatic hydroxyl groups is 3. The summed E-state index contributed by atoms with van der Waals surface area (Å²) in [7, 11) is 0. The molecule has 0 saturated carbocycles. The molecule has 108 valence electrons.